The molecule has 2 N–H and O–H groups in total. The molecule has 0 aliphatic heterocycles. The molecule has 0 aliphatic rings. The molecule has 3 aromatic heterocycles. The van der Waals surface area contributed by atoms with Gasteiger partial charge in [-0.05, 0) is 32.0 Å². The number of aromatic nitrogens is 5. The Balaban J connectivity index is 1.62. The number of para-hydroxylation sites is 1. The molecule has 0 atom stereocenters. The van der Waals surface area contributed by atoms with Crippen molar-refractivity contribution in [2.75, 3.05) is 11.9 Å². The second kappa shape index (κ2) is 7.24. The Bertz CT molecular complexity index is 1150. The van der Waals surface area contributed by atoms with Crippen molar-refractivity contribution in [1.29, 1.82) is 0 Å². The summed E-state index contributed by atoms with van der Waals surface area (Å²) in [5.74, 6) is -0.279. The lowest BCUT2D eigenvalue weighted by Crippen LogP contribution is -2.14. The number of nitrogens with one attached hydrogen (secondary N) is 1. The van der Waals surface area contributed by atoms with Gasteiger partial charge in [-0.3, -0.25) is 14.0 Å². The maximum Gasteiger partial charge on any atom is 0.257 e. The van der Waals surface area contributed by atoms with Crippen molar-refractivity contribution in [3.05, 3.63) is 65.9 Å². The Labute approximate surface area is 161 Å². The van der Waals surface area contributed by atoms with Gasteiger partial charge >= 0.3 is 0 Å². The number of benzene rings is 1. The first kappa shape index (κ1) is 17.9. The van der Waals surface area contributed by atoms with E-state index in [1.165, 1.54) is 0 Å². The highest BCUT2D eigenvalue weighted by molar-refractivity contribution is 6.06. The average molecular weight is 376 g/mol. The molecule has 1 aromatic carbocycles. The number of aryl methyl sites for hydroxylation is 1. The quantitative estimate of drug-likeness (QED) is 0.558. The third-order valence-corrected chi connectivity index (χ3v) is 4.62. The van der Waals surface area contributed by atoms with Gasteiger partial charge in [-0.2, -0.15) is 5.10 Å². The number of imidazole rings is 1. The Morgan fingerprint density at radius 1 is 1.18 bits per heavy atom. The van der Waals surface area contributed by atoms with Crippen molar-refractivity contribution in [2.24, 2.45) is 0 Å². The van der Waals surface area contributed by atoms with Crippen LogP contribution >= 0.6 is 0 Å². The lowest BCUT2D eigenvalue weighted by molar-refractivity contribution is 0.102. The van der Waals surface area contributed by atoms with Gasteiger partial charge in [0.2, 0.25) is 0 Å². The lowest BCUT2D eigenvalue weighted by Gasteiger charge is -2.07. The van der Waals surface area contributed by atoms with Crippen molar-refractivity contribution < 1.29 is 9.90 Å². The maximum atomic E-state index is 12.7. The molecule has 0 unspecified atom stereocenters. The fourth-order valence-corrected chi connectivity index (χ4v) is 3.18. The molecule has 3 heterocycles. The predicted molar refractivity (Wildman–Crippen MR) is 106 cm³/mol. The largest absolute Gasteiger partial charge is 0.394 e. The van der Waals surface area contributed by atoms with Crippen molar-refractivity contribution >= 4 is 22.8 Å². The van der Waals surface area contributed by atoms with Gasteiger partial charge < -0.3 is 10.4 Å². The third kappa shape index (κ3) is 3.14. The zero-order valence-electron chi connectivity index (χ0n) is 15.6. The van der Waals surface area contributed by atoms with Crippen LogP contribution in [0.2, 0.25) is 0 Å². The van der Waals surface area contributed by atoms with Crippen molar-refractivity contribution in [2.45, 2.75) is 20.4 Å². The Hall–Kier alpha value is -3.52. The number of nitrogens with zero attached hydrogens (tertiary/aromatic N) is 5. The van der Waals surface area contributed by atoms with Gasteiger partial charge in [0, 0.05) is 11.9 Å². The summed E-state index contributed by atoms with van der Waals surface area (Å²) in [6, 6.07) is 11.5. The summed E-state index contributed by atoms with van der Waals surface area (Å²) >= 11 is 0. The molecule has 8 nitrogen and oxygen atoms in total. The molecule has 0 saturated heterocycles. The van der Waals surface area contributed by atoms with Gasteiger partial charge in [0.1, 0.15) is 11.8 Å². The molecule has 142 valence electrons. The zero-order valence-corrected chi connectivity index (χ0v) is 15.6. The minimum absolute atomic E-state index is 0.0139. The van der Waals surface area contributed by atoms with E-state index in [1.807, 2.05) is 48.7 Å². The molecular weight excluding hydrogens is 356 g/mol. The molecule has 0 aliphatic carbocycles. The number of carbonyl (C=O) groups is 1. The lowest BCUT2D eigenvalue weighted by atomic mass is 10.2. The molecule has 4 aromatic rings. The van der Waals surface area contributed by atoms with Crippen LogP contribution in [0.3, 0.4) is 0 Å². The molecule has 0 saturated carbocycles. The van der Waals surface area contributed by atoms with E-state index < -0.39 is 0 Å². The van der Waals surface area contributed by atoms with Crippen LogP contribution in [0.5, 0.6) is 0 Å². The highest BCUT2D eigenvalue weighted by Crippen LogP contribution is 2.21. The van der Waals surface area contributed by atoms with Crippen LogP contribution < -0.4 is 5.32 Å². The van der Waals surface area contributed by atoms with Crippen LogP contribution in [-0.2, 0) is 6.54 Å². The van der Waals surface area contributed by atoms with Crippen molar-refractivity contribution in [1.82, 2.24) is 24.3 Å². The topological polar surface area (TPSA) is 97.9 Å². The molecule has 0 radical (unpaired) electrons. The standard InChI is InChI=1S/C20H20N6O2/c1-13-18(14(2)26(24-13)8-9-27)23-20(28)15-10-17-19(21-11-15)25(12-22-17)16-6-4-3-5-7-16/h3-7,10-12,27H,8-9H2,1-2H3,(H,23,28). The smallest absolute Gasteiger partial charge is 0.257 e. The second-order valence-electron chi connectivity index (χ2n) is 6.46. The SMILES string of the molecule is Cc1nn(CCO)c(C)c1NC(=O)c1cnc2c(c1)ncn2-c1ccccc1. The van der Waals surface area contributed by atoms with Crippen LogP contribution in [-0.4, -0.2) is 41.9 Å². The molecule has 8 heteroatoms. The summed E-state index contributed by atoms with van der Waals surface area (Å²) in [7, 11) is 0. The van der Waals surface area contributed by atoms with Gasteiger partial charge in [0.15, 0.2) is 5.65 Å². The van der Waals surface area contributed by atoms with E-state index in [1.54, 1.807) is 23.3 Å². The van der Waals surface area contributed by atoms with E-state index in [4.69, 9.17) is 5.11 Å². The van der Waals surface area contributed by atoms with Crippen LogP contribution in [0.25, 0.3) is 16.9 Å². The number of hydrogen-bond donors (Lipinski definition) is 2. The van der Waals surface area contributed by atoms with E-state index in [0.29, 0.717) is 34.7 Å². The number of rotatable bonds is 5. The number of hydrogen-bond acceptors (Lipinski definition) is 5. The molecule has 0 fully saturated rings. The van der Waals surface area contributed by atoms with Gasteiger partial charge in [-0.1, -0.05) is 18.2 Å². The fraction of sp³-hybridized carbons (Fsp3) is 0.200. The minimum atomic E-state index is -0.279. The zero-order chi connectivity index (χ0) is 19.7. The highest BCUT2D eigenvalue weighted by atomic mass is 16.3. The van der Waals surface area contributed by atoms with E-state index >= 15 is 0 Å². The van der Waals surface area contributed by atoms with Gasteiger partial charge in [0.05, 0.1) is 35.8 Å². The fourth-order valence-electron chi connectivity index (χ4n) is 3.18. The van der Waals surface area contributed by atoms with E-state index in [9.17, 15) is 4.79 Å². The Kier molecular flexibility index (Phi) is 4.62. The summed E-state index contributed by atoms with van der Waals surface area (Å²) in [4.78, 5) is 21.6. The number of aliphatic hydroxyl groups excluding tert-OH is 1. The summed E-state index contributed by atoms with van der Waals surface area (Å²) in [5, 5.41) is 16.4. The predicted octanol–water partition coefficient (Wildman–Crippen LogP) is 2.48. The Morgan fingerprint density at radius 2 is 1.96 bits per heavy atom. The first-order valence-electron chi connectivity index (χ1n) is 8.93. The first-order valence-corrected chi connectivity index (χ1v) is 8.93. The second-order valence-corrected chi connectivity index (χ2v) is 6.46. The van der Waals surface area contributed by atoms with Crippen molar-refractivity contribution in [3.8, 4) is 5.69 Å². The summed E-state index contributed by atoms with van der Waals surface area (Å²) < 4.78 is 3.55. The van der Waals surface area contributed by atoms with E-state index in [2.05, 4.69) is 20.4 Å². The molecule has 0 spiro atoms. The van der Waals surface area contributed by atoms with Gasteiger partial charge in [0.25, 0.3) is 5.91 Å². The minimum Gasteiger partial charge on any atom is -0.394 e. The molecule has 28 heavy (non-hydrogen) atoms. The summed E-state index contributed by atoms with van der Waals surface area (Å²) in [6.07, 6.45) is 3.24. The van der Waals surface area contributed by atoms with E-state index in [0.717, 1.165) is 11.4 Å². The number of amides is 1. The summed E-state index contributed by atoms with van der Waals surface area (Å²) in [6.45, 7) is 4.04. The van der Waals surface area contributed by atoms with Crippen LogP contribution in [0.1, 0.15) is 21.7 Å². The number of aliphatic hydroxyl groups is 1. The Morgan fingerprint density at radius 3 is 2.71 bits per heavy atom. The number of fused-ring (bicyclic) bond motifs is 1. The maximum absolute atomic E-state index is 12.7. The third-order valence-electron chi connectivity index (χ3n) is 4.62. The highest BCUT2D eigenvalue weighted by Gasteiger charge is 2.16. The van der Waals surface area contributed by atoms with Crippen LogP contribution in [0, 0.1) is 13.8 Å². The molecular formula is C20H20N6O2. The monoisotopic (exact) mass is 376 g/mol. The van der Waals surface area contributed by atoms with Gasteiger partial charge in [-0.15, -0.1) is 0 Å². The molecule has 1 amide bonds. The van der Waals surface area contributed by atoms with Crippen LogP contribution in [0.4, 0.5) is 5.69 Å². The molecule has 0 bridgehead atoms. The number of anilines is 1. The normalized spacial score (nSPS) is 11.1. The summed E-state index contributed by atoms with van der Waals surface area (Å²) in [5.41, 5.74) is 4.83. The first-order chi connectivity index (χ1) is 13.6. The average Bonchev–Trinajstić information content (AvgIpc) is 3.25. The van der Waals surface area contributed by atoms with E-state index in [-0.39, 0.29) is 12.5 Å². The molecule has 4 rings (SSSR count). The van der Waals surface area contributed by atoms with Crippen LogP contribution in [0.15, 0.2) is 48.9 Å². The van der Waals surface area contributed by atoms with Crippen molar-refractivity contribution in [3.63, 3.8) is 0 Å². The number of carbonyl (C=O) groups excluding carboxylic acids is 1. The number of pyridine rings is 1. The van der Waals surface area contributed by atoms with Gasteiger partial charge in [-0.25, -0.2) is 9.97 Å².